The summed E-state index contributed by atoms with van der Waals surface area (Å²) in [6.45, 7) is 0.968. The molecule has 0 bridgehead atoms. The van der Waals surface area contributed by atoms with Crippen molar-refractivity contribution in [2.24, 2.45) is 10.9 Å². The topological polar surface area (TPSA) is 93.1 Å². The van der Waals surface area contributed by atoms with Gasteiger partial charge in [0.1, 0.15) is 18.5 Å². The summed E-state index contributed by atoms with van der Waals surface area (Å²) in [5.41, 5.74) is 5.89. The van der Waals surface area contributed by atoms with E-state index in [0.29, 0.717) is 41.6 Å². The first-order valence-corrected chi connectivity index (χ1v) is 15.8. The average Bonchev–Trinajstić information content (AvgIpc) is 3.83. The molecule has 1 aliphatic carbocycles. The van der Waals surface area contributed by atoms with Gasteiger partial charge in [0.15, 0.2) is 10.8 Å². The minimum absolute atomic E-state index is 0.0494. The largest absolute Gasteiger partial charge is 0.466 e. The van der Waals surface area contributed by atoms with Gasteiger partial charge in [-0.3, -0.25) is 4.99 Å². The Morgan fingerprint density at radius 1 is 1.07 bits per heavy atom. The van der Waals surface area contributed by atoms with Crippen LogP contribution in [0.1, 0.15) is 40.1 Å². The maximum absolute atomic E-state index is 14.0. The molecule has 2 atom stereocenters. The van der Waals surface area contributed by atoms with Crippen LogP contribution in [-0.2, 0) is 14.3 Å². The van der Waals surface area contributed by atoms with Gasteiger partial charge in [-0.2, -0.15) is 0 Å². The second-order valence-corrected chi connectivity index (χ2v) is 12.4. The molecule has 228 valence electrons. The number of aliphatic imine (C=N–C) groups is 1. The van der Waals surface area contributed by atoms with E-state index in [1.165, 1.54) is 36.6 Å². The molecule has 1 amide bonds. The Bertz CT molecular complexity index is 1810. The van der Waals surface area contributed by atoms with Crippen molar-refractivity contribution in [3.63, 3.8) is 0 Å². The molecule has 45 heavy (non-hydrogen) atoms. The summed E-state index contributed by atoms with van der Waals surface area (Å²) < 4.78 is 25.1. The lowest BCUT2D eigenvalue weighted by Crippen LogP contribution is -2.38. The lowest BCUT2D eigenvalue weighted by atomic mass is 9.90. The van der Waals surface area contributed by atoms with Gasteiger partial charge < -0.3 is 19.7 Å². The number of halogens is 2. The smallest absolute Gasteiger partial charge is 0.409 e. The molecule has 0 saturated carbocycles. The van der Waals surface area contributed by atoms with E-state index >= 15 is 0 Å². The SMILES string of the molecule is COC(=O)C1=C(C2CCN(C(=O)OCC3c4ccccc4-c4ccccc43)C2)NC(c2nccs2)=NC1c1ccc(F)cc1Cl. The number of amides is 1. The number of amidine groups is 1. The molecule has 1 N–H and O–H groups in total. The number of likely N-dealkylation sites (tertiary alicyclic amines) is 1. The third-order valence-electron chi connectivity index (χ3n) is 8.56. The zero-order valence-electron chi connectivity index (χ0n) is 24.2. The molecule has 4 aromatic rings. The maximum Gasteiger partial charge on any atom is 0.409 e. The minimum atomic E-state index is -0.871. The zero-order chi connectivity index (χ0) is 31.1. The van der Waals surface area contributed by atoms with Crippen molar-refractivity contribution in [3.8, 4) is 11.1 Å². The summed E-state index contributed by atoms with van der Waals surface area (Å²) in [4.78, 5) is 37.6. The van der Waals surface area contributed by atoms with Gasteiger partial charge in [-0.25, -0.2) is 19.0 Å². The molecule has 1 aromatic heterocycles. The number of esters is 1. The van der Waals surface area contributed by atoms with Crippen LogP contribution in [0.4, 0.5) is 9.18 Å². The molecule has 0 radical (unpaired) electrons. The van der Waals surface area contributed by atoms with Gasteiger partial charge in [-0.1, -0.05) is 66.2 Å². The highest BCUT2D eigenvalue weighted by Crippen LogP contribution is 2.45. The summed E-state index contributed by atoms with van der Waals surface area (Å²) >= 11 is 7.87. The second kappa shape index (κ2) is 12.1. The summed E-state index contributed by atoms with van der Waals surface area (Å²) in [5, 5.41) is 5.91. The van der Waals surface area contributed by atoms with E-state index in [9.17, 15) is 14.0 Å². The fourth-order valence-corrected chi connectivity index (χ4v) is 7.32. The summed E-state index contributed by atoms with van der Waals surface area (Å²) in [5.74, 6) is -0.944. The lowest BCUT2D eigenvalue weighted by molar-refractivity contribution is -0.136. The number of carbonyl (C=O) groups excluding carboxylic acids is 2. The van der Waals surface area contributed by atoms with E-state index in [2.05, 4.69) is 34.6 Å². The minimum Gasteiger partial charge on any atom is -0.466 e. The number of methoxy groups -OCH3 is 1. The average molecular weight is 643 g/mol. The van der Waals surface area contributed by atoms with E-state index < -0.39 is 23.9 Å². The first-order chi connectivity index (χ1) is 21.9. The van der Waals surface area contributed by atoms with Gasteiger partial charge in [0.25, 0.3) is 0 Å². The Kier molecular flexibility index (Phi) is 7.85. The first kappa shape index (κ1) is 29.2. The third-order valence-corrected chi connectivity index (χ3v) is 9.67. The normalized spacial score (nSPS) is 19.1. The van der Waals surface area contributed by atoms with Gasteiger partial charge in [-0.15, -0.1) is 11.3 Å². The van der Waals surface area contributed by atoms with Crippen LogP contribution in [0.25, 0.3) is 11.1 Å². The molecule has 3 heterocycles. The molecule has 8 nitrogen and oxygen atoms in total. The van der Waals surface area contributed by atoms with Crippen molar-refractivity contribution >= 4 is 40.8 Å². The van der Waals surface area contributed by atoms with Gasteiger partial charge in [-0.05, 0) is 40.8 Å². The van der Waals surface area contributed by atoms with E-state index in [1.54, 1.807) is 11.1 Å². The number of nitrogens with zero attached hydrogens (tertiary/aromatic N) is 3. The molecule has 3 aromatic carbocycles. The van der Waals surface area contributed by atoms with Crippen LogP contribution in [0, 0.1) is 11.7 Å². The van der Waals surface area contributed by atoms with Crippen LogP contribution in [0.2, 0.25) is 5.02 Å². The highest BCUT2D eigenvalue weighted by Gasteiger charge is 2.40. The number of ether oxygens (including phenoxy) is 2. The Labute approximate surface area is 268 Å². The number of hydrogen-bond donors (Lipinski definition) is 1. The molecule has 3 aliphatic rings. The molecular weight excluding hydrogens is 615 g/mol. The van der Waals surface area contributed by atoms with E-state index in [4.69, 9.17) is 26.1 Å². The predicted molar refractivity (Wildman–Crippen MR) is 170 cm³/mol. The monoisotopic (exact) mass is 642 g/mol. The molecule has 11 heteroatoms. The quantitative estimate of drug-likeness (QED) is 0.235. The van der Waals surface area contributed by atoms with Crippen molar-refractivity contribution < 1.29 is 23.5 Å². The highest BCUT2D eigenvalue weighted by molar-refractivity contribution is 7.11. The number of rotatable bonds is 6. The molecule has 1 fully saturated rings. The van der Waals surface area contributed by atoms with E-state index in [-0.39, 0.29) is 29.0 Å². The molecular formula is C34H28ClFN4O4S. The Balaban J connectivity index is 1.15. The Morgan fingerprint density at radius 2 is 1.80 bits per heavy atom. The first-order valence-electron chi connectivity index (χ1n) is 14.5. The van der Waals surface area contributed by atoms with Gasteiger partial charge in [0, 0.05) is 52.8 Å². The fraction of sp³-hybridized carbons (Fsp3) is 0.235. The van der Waals surface area contributed by atoms with Crippen molar-refractivity contribution in [3.05, 3.63) is 122 Å². The van der Waals surface area contributed by atoms with Crippen LogP contribution >= 0.6 is 22.9 Å². The van der Waals surface area contributed by atoms with Crippen molar-refractivity contribution in [1.82, 2.24) is 15.2 Å². The van der Waals surface area contributed by atoms with Crippen molar-refractivity contribution in [2.45, 2.75) is 18.4 Å². The Hall–Kier alpha value is -4.54. The fourth-order valence-electron chi connectivity index (χ4n) is 6.47. The van der Waals surface area contributed by atoms with Crippen molar-refractivity contribution in [2.75, 3.05) is 26.8 Å². The van der Waals surface area contributed by atoms with Gasteiger partial charge in [0.05, 0.1) is 12.7 Å². The molecule has 2 unspecified atom stereocenters. The number of nitrogens with one attached hydrogen (secondary N) is 1. The number of fused-ring (bicyclic) bond motifs is 3. The number of thiazole rings is 1. The Morgan fingerprint density at radius 3 is 2.47 bits per heavy atom. The van der Waals surface area contributed by atoms with E-state index in [1.807, 2.05) is 29.6 Å². The summed E-state index contributed by atoms with van der Waals surface area (Å²) in [6, 6.07) is 19.5. The number of aromatic nitrogens is 1. The second-order valence-electron chi connectivity index (χ2n) is 11.1. The van der Waals surface area contributed by atoms with Crippen LogP contribution in [-0.4, -0.2) is 54.6 Å². The number of benzene rings is 3. The summed E-state index contributed by atoms with van der Waals surface area (Å²) in [7, 11) is 1.30. The molecule has 7 rings (SSSR count). The predicted octanol–water partition coefficient (Wildman–Crippen LogP) is 6.72. The summed E-state index contributed by atoms with van der Waals surface area (Å²) in [6.07, 6.45) is 1.82. The van der Waals surface area contributed by atoms with Crippen molar-refractivity contribution in [1.29, 1.82) is 0 Å². The third kappa shape index (κ3) is 5.38. The standard InChI is InChI=1S/C34H28ClFN4O4S/c1-43-33(41)28-29(38-31(32-37-13-15-45-32)39-30(28)25-11-10-20(36)16-27(25)35)19-12-14-40(17-19)34(42)44-18-26-23-8-4-2-6-21(23)22-7-3-5-9-24(22)26/h2-11,13,15-16,19,26,30H,12,14,17-18H2,1H3,(H,38,39). The van der Waals surface area contributed by atoms with Crippen LogP contribution in [0.15, 0.2) is 94.6 Å². The van der Waals surface area contributed by atoms with Crippen LogP contribution in [0.3, 0.4) is 0 Å². The zero-order valence-corrected chi connectivity index (χ0v) is 25.8. The molecule has 2 aliphatic heterocycles. The van der Waals surface area contributed by atoms with E-state index in [0.717, 1.165) is 22.3 Å². The molecule has 0 spiro atoms. The lowest BCUT2D eigenvalue weighted by Gasteiger charge is -2.30. The maximum atomic E-state index is 14.0. The van der Waals surface area contributed by atoms with Crippen LogP contribution < -0.4 is 5.32 Å². The van der Waals surface area contributed by atoms with Gasteiger partial charge >= 0.3 is 12.1 Å². The highest BCUT2D eigenvalue weighted by atomic mass is 35.5. The number of carbonyl (C=O) groups is 2. The van der Waals surface area contributed by atoms with Gasteiger partial charge in [0.2, 0.25) is 0 Å². The number of hydrogen-bond acceptors (Lipinski definition) is 8. The van der Waals surface area contributed by atoms with Crippen LogP contribution in [0.5, 0.6) is 0 Å². The molecule has 1 saturated heterocycles.